The lowest BCUT2D eigenvalue weighted by Crippen LogP contribution is -2.62. The van der Waals surface area contributed by atoms with Crippen LogP contribution in [0.4, 0.5) is 0 Å². The van der Waals surface area contributed by atoms with Gasteiger partial charge in [-0.1, -0.05) is 40.5 Å². The lowest BCUT2D eigenvalue weighted by molar-refractivity contribution is -0.146. The molecule has 0 spiro atoms. The number of hydrogen-bond donors (Lipinski definition) is 23. The number of nitrogens with two attached hydrogens (primary N) is 7. The molecule has 1 rings (SSSR count). The summed E-state index contributed by atoms with van der Waals surface area (Å²) >= 11 is 9.69. The highest BCUT2D eigenvalue weighted by molar-refractivity contribution is 7.98. The zero-order chi connectivity index (χ0) is 77.2. The number of nitrogens with zero attached hydrogens (tertiary/aromatic N) is 3. The minimum atomic E-state index is -1.90. The Balaban J connectivity index is 3.55. The number of thioether (sulfide) groups is 1. The fourth-order valence-corrected chi connectivity index (χ4v) is 11.2. The third-order valence-corrected chi connectivity index (χ3v) is 17.9. The van der Waals surface area contributed by atoms with Gasteiger partial charge in [0.15, 0.2) is 11.9 Å². The summed E-state index contributed by atoms with van der Waals surface area (Å²) in [5.41, 5.74) is 39.4. The van der Waals surface area contributed by atoms with E-state index >= 15 is 0 Å². The van der Waals surface area contributed by atoms with E-state index in [1.54, 1.807) is 27.7 Å². The van der Waals surface area contributed by atoms with Crippen LogP contribution in [-0.2, 0) is 67.1 Å². The number of carbonyl (C=O) groups excluding carboxylic acids is 12. The van der Waals surface area contributed by atoms with Gasteiger partial charge in [-0.2, -0.15) is 37.0 Å². The number of nitrogens with one attached hydrogen (secondary N) is 11. The lowest BCUT2D eigenvalue weighted by atomic mass is 9.94. The van der Waals surface area contributed by atoms with Gasteiger partial charge in [-0.3, -0.25) is 72.3 Å². The van der Waals surface area contributed by atoms with Crippen molar-refractivity contribution in [3.8, 4) is 0 Å². The van der Waals surface area contributed by atoms with E-state index in [-0.39, 0.29) is 114 Å². The van der Waals surface area contributed by atoms with Gasteiger partial charge in [-0.15, -0.1) is 0 Å². The molecule has 0 unspecified atom stereocenters. The summed E-state index contributed by atoms with van der Waals surface area (Å²) in [5.74, 6) is -15.3. The van der Waals surface area contributed by atoms with Crippen molar-refractivity contribution < 1.29 is 82.4 Å². The highest BCUT2D eigenvalue weighted by Crippen LogP contribution is 2.21. The zero-order valence-electron chi connectivity index (χ0n) is 58.7. The van der Waals surface area contributed by atoms with E-state index in [0.717, 1.165) is 4.90 Å². The second kappa shape index (κ2) is 50.4. The third kappa shape index (κ3) is 34.3. The van der Waals surface area contributed by atoms with Crippen molar-refractivity contribution in [2.24, 2.45) is 62.0 Å². The molecule has 38 nitrogen and oxygen atoms in total. The summed E-state index contributed by atoms with van der Waals surface area (Å²) in [7, 11) is 0. The molecular weight excluding hydrogens is 1400 g/mol. The van der Waals surface area contributed by atoms with Gasteiger partial charge < -0.3 is 119 Å². The highest BCUT2D eigenvalue weighted by atomic mass is 32.2. The van der Waals surface area contributed by atoms with Crippen LogP contribution in [0.15, 0.2) is 9.98 Å². The van der Waals surface area contributed by atoms with Gasteiger partial charge in [0.2, 0.25) is 70.9 Å². The Kier molecular flexibility index (Phi) is 45.5. The molecule has 28 N–H and O–H groups in total. The second-order valence-corrected chi connectivity index (χ2v) is 26.3. The molecule has 102 heavy (non-hydrogen) atoms. The number of hydrogen-bond acceptors (Lipinski definition) is 23. The standard InChI is InChI=1S/C61H111N21O17S3/c1-6-32(3)46(81-57(96)47(33(4)7-2)80-54(93)41(30-100)78-48(87)34(64)20-26-102-5)56(95)75-37(16-9-11-22-63)50(89)73-36(15-8-10-21-62)52(91)77-40(29-83)53(92)74-38(18-13-24-70-61(67)68)51(90)76-39(27-45(85)86)58(97)82-25-14-19-43(82)55(94)71-28-44(84)72-35(17-12-23-69-60(65)66)49(88)79-42(31-101)59(98)99/h32-43,46-47,83,100-101H,6-31,62-64H2,1-5H3,(H,71,94)(H,72,84)(H,73,89)(H,74,92)(H,75,95)(H,76,90)(H,77,91)(H,78,87)(H,79,88)(H,80,93)(H,81,96)(H,85,86)(H,98,99)(H4,65,66,69)(H4,67,68,70)/t32-,33-,34-,35-,36-,37-,38-,39-,40-,41-,42-,43-,46-,47-/m0/s1. The number of guanidine groups is 2. The van der Waals surface area contributed by atoms with E-state index < -0.39 is 187 Å². The molecular formula is C61H111N21O17S3. The van der Waals surface area contributed by atoms with E-state index in [2.05, 4.69) is 93.7 Å². The molecule has 0 saturated carbocycles. The number of aliphatic hydroxyl groups excluding tert-OH is 1. The number of likely N-dealkylation sites (tertiary alicyclic amines) is 1. The van der Waals surface area contributed by atoms with E-state index in [0.29, 0.717) is 44.3 Å². The molecule has 0 aromatic heterocycles. The number of unbranched alkanes of at least 4 members (excludes halogenated alkanes) is 2. The molecule has 0 aromatic rings. The van der Waals surface area contributed by atoms with Crippen molar-refractivity contribution in [2.45, 2.75) is 203 Å². The quantitative estimate of drug-likeness (QED) is 0.0116. The molecule has 0 radical (unpaired) electrons. The van der Waals surface area contributed by atoms with Crippen LogP contribution in [0, 0.1) is 11.8 Å². The predicted molar refractivity (Wildman–Crippen MR) is 387 cm³/mol. The summed E-state index contributed by atoms with van der Waals surface area (Å²) < 4.78 is 0. The van der Waals surface area contributed by atoms with E-state index in [1.165, 1.54) is 11.8 Å². The predicted octanol–water partition coefficient (Wildman–Crippen LogP) is -7.11. The van der Waals surface area contributed by atoms with E-state index in [4.69, 9.17) is 40.1 Å². The number of aliphatic carboxylic acids is 2. The smallest absolute Gasteiger partial charge is 0.327 e. The molecule has 1 fully saturated rings. The second-order valence-electron chi connectivity index (χ2n) is 24.5. The summed E-state index contributed by atoms with van der Waals surface area (Å²) in [4.78, 5) is 199. The first-order valence-electron chi connectivity index (χ1n) is 33.9. The van der Waals surface area contributed by atoms with Crippen molar-refractivity contribution in [3.63, 3.8) is 0 Å². The molecule has 1 aliphatic heterocycles. The van der Waals surface area contributed by atoms with Gasteiger partial charge in [0, 0.05) is 31.1 Å². The van der Waals surface area contributed by atoms with Crippen LogP contribution >= 0.6 is 37.0 Å². The Bertz CT molecular complexity index is 2830. The maximum Gasteiger partial charge on any atom is 0.327 e. The van der Waals surface area contributed by atoms with Crippen molar-refractivity contribution in [1.29, 1.82) is 0 Å². The minimum absolute atomic E-state index is 0.00722. The van der Waals surface area contributed by atoms with Crippen LogP contribution < -0.4 is 98.6 Å². The van der Waals surface area contributed by atoms with Crippen LogP contribution in [0.2, 0.25) is 0 Å². The Morgan fingerprint density at radius 3 is 1.36 bits per heavy atom. The monoisotopic (exact) mass is 1510 g/mol. The average Bonchev–Trinajstić information content (AvgIpc) is 1.61. The number of carboxylic acids is 2. The molecule has 41 heteroatoms. The number of carbonyl (C=O) groups is 14. The Morgan fingerprint density at radius 2 is 0.931 bits per heavy atom. The molecule has 580 valence electrons. The summed E-state index contributed by atoms with van der Waals surface area (Å²) in [6, 6.07) is -16.9. The maximum atomic E-state index is 14.5. The minimum Gasteiger partial charge on any atom is -0.481 e. The van der Waals surface area contributed by atoms with Crippen molar-refractivity contribution in [2.75, 3.05) is 69.4 Å². The Hall–Kier alpha value is -7.99. The maximum absolute atomic E-state index is 14.5. The van der Waals surface area contributed by atoms with Crippen LogP contribution in [-0.4, -0.2) is 257 Å². The highest BCUT2D eigenvalue weighted by Gasteiger charge is 2.41. The van der Waals surface area contributed by atoms with Gasteiger partial charge >= 0.3 is 11.9 Å². The van der Waals surface area contributed by atoms with Crippen LogP contribution in [0.5, 0.6) is 0 Å². The van der Waals surface area contributed by atoms with Crippen molar-refractivity contribution >= 4 is 132 Å². The van der Waals surface area contributed by atoms with Crippen LogP contribution in [0.1, 0.15) is 130 Å². The van der Waals surface area contributed by atoms with Gasteiger partial charge in [0.1, 0.15) is 66.5 Å². The number of amides is 12. The fraction of sp³-hybridized carbons (Fsp3) is 0.738. The van der Waals surface area contributed by atoms with Gasteiger partial charge in [0.05, 0.1) is 25.6 Å². The van der Waals surface area contributed by atoms with Crippen LogP contribution in [0.3, 0.4) is 0 Å². The Morgan fingerprint density at radius 1 is 0.529 bits per heavy atom. The molecule has 0 aromatic carbocycles. The molecule has 1 heterocycles. The first kappa shape index (κ1) is 92.0. The molecule has 1 aliphatic rings. The van der Waals surface area contributed by atoms with Crippen molar-refractivity contribution in [1.82, 2.24) is 63.4 Å². The summed E-state index contributed by atoms with van der Waals surface area (Å²) in [6.45, 7) is 5.25. The van der Waals surface area contributed by atoms with Crippen molar-refractivity contribution in [3.05, 3.63) is 0 Å². The number of aliphatic hydroxyl groups is 1. The number of rotatable bonds is 52. The number of carboxylic acid groups (broad SMARTS) is 2. The Labute approximate surface area is 609 Å². The summed E-state index contributed by atoms with van der Waals surface area (Å²) in [5, 5.41) is 57.7. The molecule has 0 aliphatic carbocycles. The largest absolute Gasteiger partial charge is 0.481 e. The van der Waals surface area contributed by atoms with Gasteiger partial charge in [0.25, 0.3) is 0 Å². The first-order chi connectivity index (χ1) is 48.3. The number of thiol groups is 2. The zero-order valence-corrected chi connectivity index (χ0v) is 61.3. The van der Waals surface area contributed by atoms with Gasteiger partial charge in [-0.25, -0.2) is 4.79 Å². The van der Waals surface area contributed by atoms with E-state index in [1.807, 2.05) is 6.26 Å². The van der Waals surface area contributed by atoms with Gasteiger partial charge in [-0.05, 0) is 120 Å². The van der Waals surface area contributed by atoms with E-state index in [9.17, 15) is 82.4 Å². The SMILES string of the molecule is CC[C@H](C)[C@H](NC(=O)[C@H](CS)NC(=O)[C@@H](N)CCSC)C(=O)N[C@H](C(=O)N[C@@H](CCCCN)C(=O)N[C@@H](CCCCN)C(=O)N[C@@H](CO)C(=O)N[C@@H](CCCN=C(N)N)C(=O)N[C@@H](CC(=O)O)C(=O)N1CCC[C@H]1C(=O)NCC(=O)N[C@@H](CCCN=C(N)N)C(=O)N[C@@H](CS)C(=O)O)[C@@H](C)CC. The fourth-order valence-electron chi connectivity index (χ4n) is 10.2. The topological polar surface area (TPSA) is 642 Å². The lowest BCUT2D eigenvalue weighted by Gasteiger charge is -2.31. The third-order valence-electron chi connectivity index (χ3n) is 16.6. The first-order valence-corrected chi connectivity index (χ1v) is 36.6. The molecule has 12 amide bonds. The normalized spacial score (nSPS) is 16.4. The number of aliphatic imine (C=N–C) groups is 2. The average molecular weight is 1510 g/mol. The van der Waals surface area contributed by atoms with Crippen LogP contribution in [0.25, 0.3) is 0 Å². The summed E-state index contributed by atoms with van der Waals surface area (Å²) in [6.07, 6.45) is 2.96. The molecule has 0 bridgehead atoms. The molecule has 1 saturated heterocycles. The molecule has 14 atom stereocenters.